The summed E-state index contributed by atoms with van der Waals surface area (Å²) in [6, 6.07) is 7.98. The van der Waals surface area contributed by atoms with Crippen LogP contribution >= 0.6 is 0 Å². The fraction of sp³-hybridized carbons (Fsp3) is 0.267. The van der Waals surface area contributed by atoms with Gasteiger partial charge in [-0.1, -0.05) is 25.1 Å². The lowest BCUT2D eigenvalue weighted by molar-refractivity contribution is 0.409. The molecule has 2 aromatic heterocycles. The number of nitrogens with one attached hydrogen (secondary N) is 1. The van der Waals surface area contributed by atoms with E-state index < -0.39 is 0 Å². The average molecular weight is 283 g/mol. The lowest BCUT2D eigenvalue weighted by Crippen LogP contribution is -2.09. The van der Waals surface area contributed by atoms with Gasteiger partial charge < -0.3 is 10.1 Å². The first-order valence-electron chi connectivity index (χ1n) is 6.91. The highest BCUT2D eigenvalue weighted by Gasteiger charge is 2.16. The molecule has 108 valence electrons. The normalized spacial score (nSPS) is 10.8. The van der Waals surface area contributed by atoms with Gasteiger partial charge in [-0.25, -0.2) is 14.6 Å². The lowest BCUT2D eigenvalue weighted by atomic mass is 10.2. The van der Waals surface area contributed by atoms with E-state index in [1.54, 1.807) is 11.8 Å². The van der Waals surface area contributed by atoms with E-state index in [-0.39, 0.29) is 0 Å². The molecule has 0 amide bonds. The molecule has 3 aromatic rings. The van der Waals surface area contributed by atoms with Crippen LogP contribution in [0, 0.1) is 0 Å². The van der Waals surface area contributed by atoms with Crippen LogP contribution in [0.4, 0.5) is 5.82 Å². The minimum atomic E-state index is 0.597. The Labute approximate surface area is 122 Å². The maximum atomic E-state index is 5.50. The van der Waals surface area contributed by atoms with E-state index in [1.165, 1.54) is 6.33 Å². The summed E-state index contributed by atoms with van der Waals surface area (Å²) in [5.41, 5.74) is 0.982. The van der Waals surface area contributed by atoms with Crippen LogP contribution in [0.2, 0.25) is 0 Å². The number of hydrogen-bond acceptors (Lipinski definition) is 5. The molecule has 0 radical (unpaired) electrons. The quantitative estimate of drug-likeness (QED) is 0.780. The second kappa shape index (κ2) is 5.78. The van der Waals surface area contributed by atoms with Gasteiger partial charge in [-0.3, -0.25) is 0 Å². The van der Waals surface area contributed by atoms with Crippen LogP contribution < -0.4 is 10.1 Å². The van der Waals surface area contributed by atoms with Crippen molar-refractivity contribution in [3.05, 3.63) is 36.8 Å². The first-order valence-corrected chi connectivity index (χ1v) is 6.91. The van der Waals surface area contributed by atoms with Gasteiger partial charge in [-0.15, -0.1) is 0 Å². The van der Waals surface area contributed by atoms with E-state index in [1.807, 2.05) is 30.5 Å². The molecule has 0 spiro atoms. The summed E-state index contributed by atoms with van der Waals surface area (Å²) in [5, 5.41) is 8.72. The van der Waals surface area contributed by atoms with Gasteiger partial charge in [0.2, 0.25) is 11.6 Å². The van der Waals surface area contributed by atoms with Crippen LogP contribution in [0.5, 0.6) is 5.75 Å². The molecular formula is C15H17N5O. The van der Waals surface area contributed by atoms with Crippen molar-refractivity contribution in [2.45, 2.75) is 13.3 Å². The third kappa shape index (κ3) is 2.40. The molecule has 21 heavy (non-hydrogen) atoms. The van der Waals surface area contributed by atoms with E-state index in [9.17, 15) is 0 Å². The summed E-state index contributed by atoms with van der Waals surface area (Å²) in [4.78, 5) is 8.58. The zero-order valence-corrected chi connectivity index (χ0v) is 12.1. The van der Waals surface area contributed by atoms with Crippen molar-refractivity contribution in [1.29, 1.82) is 0 Å². The Hall–Kier alpha value is -2.63. The third-order valence-corrected chi connectivity index (χ3v) is 3.21. The van der Waals surface area contributed by atoms with Gasteiger partial charge in [0.05, 0.1) is 18.8 Å². The summed E-state index contributed by atoms with van der Waals surface area (Å²) in [5.74, 6) is 1.91. The number of methoxy groups -OCH3 is 1. The van der Waals surface area contributed by atoms with Crippen LogP contribution in [0.15, 0.2) is 36.8 Å². The molecule has 3 rings (SSSR count). The Morgan fingerprint density at radius 1 is 1.24 bits per heavy atom. The van der Waals surface area contributed by atoms with E-state index in [2.05, 4.69) is 27.3 Å². The summed E-state index contributed by atoms with van der Waals surface area (Å²) in [6.45, 7) is 2.93. The monoisotopic (exact) mass is 283 g/mol. The molecule has 0 fully saturated rings. The first kappa shape index (κ1) is 13.4. The highest BCUT2D eigenvalue weighted by atomic mass is 16.5. The number of hydrogen-bond donors (Lipinski definition) is 1. The molecule has 0 saturated heterocycles. The van der Waals surface area contributed by atoms with Crippen molar-refractivity contribution in [3.63, 3.8) is 0 Å². The summed E-state index contributed by atoms with van der Waals surface area (Å²) >= 11 is 0. The molecule has 0 unspecified atom stereocenters. The van der Waals surface area contributed by atoms with Crippen molar-refractivity contribution in [2.75, 3.05) is 19.0 Å². The van der Waals surface area contributed by atoms with Gasteiger partial charge in [0.15, 0.2) is 5.82 Å². The summed E-state index contributed by atoms with van der Waals surface area (Å²) in [7, 11) is 1.62. The van der Waals surface area contributed by atoms with E-state index in [0.29, 0.717) is 17.4 Å². The molecule has 6 nitrogen and oxygen atoms in total. The van der Waals surface area contributed by atoms with Gasteiger partial charge in [-0.2, -0.15) is 5.10 Å². The van der Waals surface area contributed by atoms with Crippen molar-refractivity contribution in [2.24, 2.45) is 0 Å². The van der Waals surface area contributed by atoms with Crippen LogP contribution in [0.25, 0.3) is 16.7 Å². The number of rotatable bonds is 5. The predicted octanol–water partition coefficient (Wildman–Crippen LogP) is 2.65. The predicted molar refractivity (Wildman–Crippen MR) is 82.0 cm³/mol. The maximum absolute atomic E-state index is 5.50. The summed E-state index contributed by atoms with van der Waals surface area (Å²) < 4.78 is 7.27. The number of nitrogens with zero attached hydrogens (tertiary/aromatic N) is 4. The number of aromatic nitrogens is 4. The van der Waals surface area contributed by atoms with E-state index >= 15 is 0 Å². The molecule has 0 saturated carbocycles. The largest absolute Gasteiger partial charge is 0.490 e. The topological polar surface area (TPSA) is 64.9 Å². The molecule has 0 aliphatic carbocycles. The Morgan fingerprint density at radius 3 is 2.90 bits per heavy atom. The van der Waals surface area contributed by atoms with Gasteiger partial charge in [0, 0.05) is 11.9 Å². The first-order chi connectivity index (χ1) is 10.3. The fourth-order valence-electron chi connectivity index (χ4n) is 2.21. The second-order valence-electron chi connectivity index (χ2n) is 4.62. The van der Waals surface area contributed by atoms with Crippen LogP contribution in [-0.2, 0) is 0 Å². The molecule has 0 aliphatic rings. The molecule has 1 aromatic carbocycles. The average Bonchev–Trinajstić information content (AvgIpc) is 2.96. The molecule has 2 heterocycles. The Bertz CT molecular complexity index is 753. The Kier molecular flexibility index (Phi) is 3.68. The molecule has 6 heteroatoms. The fourth-order valence-corrected chi connectivity index (χ4v) is 2.21. The van der Waals surface area contributed by atoms with Crippen LogP contribution in [0.1, 0.15) is 13.3 Å². The number of fused-ring (bicyclic) bond motifs is 1. The van der Waals surface area contributed by atoms with Gasteiger partial charge >= 0.3 is 0 Å². The maximum Gasteiger partial charge on any atom is 0.206 e. The number of para-hydroxylation sites is 1. The number of ether oxygens (including phenoxy) is 1. The van der Waals surface area contributed by atoms with Crippen molar-refractivity contribution < 1.29 is 4.74 Å². The molecule has 1 N–H and O–H groups in total. The molecule has 0 atom stereocenters. The third-order valence-electron chi connectivity index (χ3n) is 3.21. The lowest BCUT2D eigenvalue weighted by Gasteiger charge is -2.13. The van der Waals surface area contributed by atoms with Gasteiger partial charge in [0.25, 0.3) is 0 Å². The second-order valence-corrected chi connectivity index (χ2v) is 4.62. The number of anilines is 1. The minimum absolute atomic E-state index is 0.597. The molecule has 0 aliphatic heterocycles. The van der Waals surface area contributed by atoms with E-state index in [4.69, 9.17) is 4.74 Å². The van der Waals surface area contributed by atoms with Gasteiger partial charge in [0.1, 0.15) is 6.33 Å². The van der Waals surface area contributed by atoms with E-state index in [0.717, 1.165) is 23.9 Å². The Balaban J connectivity index is 2.13. The zero-order valence-electron chi connectivity index (χ0n) is 12.1. The van der Waals surface area contributed by atoms with Crippen molar-refractivity contribution in [1.82, 2.24) is 19.7 Å². The standard InChI is InChI=1S/C15H17N5O/c1-3-8-16-14-13(21-2)15(18-10-17-14)20-12-7-5-4-6-11(12)9-19-20/h4-7,9-10H,3,8H2,1-2H3,(H,16,17,18). The molecule has 0 bridgehead atoms. The van der Waals surface area contributed by atoms with Gasteiger partial charge in [-0.05, 0) is 12.5 Å². The van der Waals surface area contributed by atoms with Crippen LogP contribution in [-0.4, -0.2) is 33.4 Å². The Morgan fingerprint density at radius 2 is 2.10 bits per heavy atom. The minimum Gasteiger partial charge on any atom is -0.490 e. The van der Waals surface area contributed by atoms with Crippen molar-refractivity contribution in [3.8, 4) is 11.6 Å². The smallest absolute Gasteiger partial charge is 0.206 e. The molecular weight excluding hydrogens is 266 g/mol. The highest BCUT2D eigenvalue weighted by Crippen LogP contribution is 2.29. The SMILES string of the molecule is CCCNc1ncnc(-n2ncc3ccccc32)c1OC. The highest BCUT2D eigenvalue weighted by molar-refractivity contribution is 5.80. The summed E-state index contributed by atoms with van der Waals surface area (Å²) in [6.07, 6.45) is 4.34. The van der Waals surface area contributed by atoms with Crippen LogP contribution in [0.3, 0.4) is 0 Å². The zero-order chi connectivity index (χ0) is 14.7. The van der Waals surface area contributed by atoms with Crippen molar-refractivity contribution >= 4 is 16.7 Å². The number of benzene rings is 1.